The smallest absolute Gasteiger partial charge is 0.225 e. The lowest BCUT2D eigenvalue weighted by molar-refractivity contribution is 0.584. The van der Waals surface area contributed by atoms with Crippen LogP contribution in [-0.2, 0) is 11.2 Å². The maximum atomic E-state index is 11.1. The highest BCUT2D eigenvalue weighted by molar-refractivity contribution is 9.10. The largest absolute Gasteiger partial charge is 0.616 e. The molecule has 0 atom stereocenters. The van der Waals surface area contributed by atoms with Gasteiger partial charge in [0.05, 0.1) is 17.6 Å². The number of anilines is 1. The standard InChI is InChI=1S/C8H10BrN3OS/c9-7-5-10-8(11-6-7)12-1-3-14(13)4-2-12/h5-6H,1-4H2. The van der Waals surface area contributed by atoms with E-state index in [1.807, 2.05) is 0 Å². The third kappa shape index (κ3) is 2.37. The van der Waals surface area contributed by atoms with Gasteiger partial charge in [-0.25, -0.2) is 9.97 Å². The van der Waals surface area contributed by atoms with Gasteiger partial charge < -0.3 is 9.45 Å². The Morgan fingerprint density at radius 3 is 2.43 bits per heavy atom. The summed E-state index contributed by atoms with van der Waals surface area (Å²) in [4.78, 5) is 10.5. The van der Waals surface area contributed by atoms with E-state index in [0.29, 0.717) is 0 Å². The second-order valence-electron chi connectivity index (χ2n) is 3.04. The Morgan fingerprint density at radius 1 is 1.29 bits per heavy atom. The lowest BCUT2D eigenvalue weighted by Crippen LogP contribution is -2.41. The highest BCUT2D eigenvalue weighted by atomic mass is 79.9. The zero-order valence-electron chi connectivity index (χ0n) is 7.52. The van der Waals surface area contributed by atoms with E-state index in [4.69, 9.17) is 0 Å². The fourth-order valence-electron chi connectivity index (χ4n) is 1.31. The van der Waals surface area contributed by atoms with E-state index in [1.54, 1.807) is 12.4 Å². The molecule has 76 valence electrons. The fourth-order valence-corrected chi connectivity index (χ4v) is 2.56. The van der Waals surface area contributed by atoms with Crippen molar-refractivity contribution in [2.24, 2.45) is 0 Å². The van der Waals surface area contributed by atoms with Gasteiger partial charge in [0.15, 0.2) is 0 Å². The van der Waals surface area contributed by atoms with Crippen LogP contribution in [0.1, 0.15) is 0 Å². The van der Waals surface area contributed by atoms with Gasteiger partial charge in [-0.05, 0) is 15.9 Å². The average Bonchev–Trinajstić information content (AvgIpc) is 2.21. The molecule has 1 aliphatic heterocycles. The summed E-state index contributed by atoms with van der Waals surface area (Å²) in [5, 5.41) is 0. The second-order valence-corrected chi connectivity index (χ2v) is 5.65. The van der Waals surface area contributed by atoms with Crippen molar-refractivity contribution in [3.8, 4) is 0 Å². The first kappa shape index (κ1) is 10.2. The normalized spacial score (nSPS) is 18.6. The molecule has 0 spiro atoms. The van der Waals surface area contributed by atoms with Gasteiger partial charge in [0.2, 0.25) is 5.95 Å². The van der Waals surface area contributed by atoms with Crippen molar-refractivity contribution in [2.45, 2.75) is 0 Å². The van der Waals surface area contributed by atoms with E-state index in [2.05, 4.69) is 30.8 Å². The maximum absolute atomic E-state index is 11.1. The van der Waals surface area contributed by atoms with E-state index in [1.165, 1.54) is 0 Å². The zero-order chi connectivity index (χ0) is 9.97. The van der Waals surface area contributed by atoms with Crippen molar-refractivity contribution in [1.82, 2.24) is 9.97 Å². The molecule has 0 bridgehead atoms. The molecule has 6 heteroatoms. The third-order valence-electron chi connectivity index (χ3n) is 2.07. The van der Waals surface area contributed by atoms with Crippen LogP contribution in [0.4, 0.5) is 5.95 Å². The molecule has 0 saturated carbocycles. The Hall–Kier alpha value is -0.330. The first-order chi connectivity index (χ1) is 6.75. The molecule has 0 unspecified atom stereocenters. The molecule has 14 heavy (non-hydrogen) atoms. The van der Waals surface area contributed by atoms with Gasteiger partial charge in [-0.2, -0.15) is 0 Å². The minimum Gasteiger partial charge on any atom is -0.616 e. The Labute approximate surface area is 94.0 Å². The highest BCUT2D eigenvalue weighted by Gasteiger charge is 2.20. The van der Waals surface area contributed by atoms with Crippen molar-refractivity contribution in [2.75, 3.05) is 29.5 Å². The molecule has 0 aromatic carbocycles. The zero-order valence-corrected chi connectivity index (χ0v) is 9.92. The quantitative estimate of drug-likeness (QED) is 0.712. The first-order valence-corrected chi connectivity index (χ1v) is 6.61. The number of halogens is 1. The van der Waals surface area contributed by atoms with Crippen LogP contribution < -0.4 is 4.90 Å². The highest BCUT2D eigenvalue weighted by Crippen LogP contribution is 2.13. The minimum absolute atomic E-state index is 0.646. The molecule has 4 nitrogen and oxygen atoms in total. The van der Waals surface area contributed by atoms with Crippen LogP contribution >= 0.6 is 15.9 Å². The van der Waals surface area contributed by atoms with Gasteiger partial charge in [0.25, 0.3) is 0 Å². The molecular formula is C8H10BrN3OS. The van der Waals surface area contributed by atoms with Crippen molar-refractivity contribution < 1.29 is 4.55 Å². The van der Waals surface area contributed by atoms with Crippen molar-refractivity contribution >= 4 is 33.1 Å². The van der Waals surface area contributed by atoms with E-state index >= 15 is 0 Å². The molecule has 0 N–H and O–H groups in total. The summed E-state index contributed by atoms with van der Waals surface area (Å²) in [6.07, 6.45) is 3.46. The Morgan fingerprint density at radius 2 is 1.86 bits per heavy atom. The van der Waals surface area contributed by atoms with E-state index in [-0.39, 0.29) is 0 Å². The molecule has 2 rings (SSSR count). The summed E-state index contributed by atoms with van der Waals surface area (Å²) in [5.74, 6) is 2.17. The van der Waals surface area contributed by atoms with Gasteiger partial charge in [-0.1, -0.05) is 11.2 Å². The van der Waals surface area contributed by atoms with Crippen LogP contribution in [0.25, 0.3) is 0 Å². The van der Waals surface area contributed by atoms with Crippen LogP contribution in [0.2, 0.25) is 0 Å². The number of hydrogen-bond donors (Lipinski definition) is 0. The molecule has 0 radical (unpaired) electrons. The number of aromatic nitrogens is 2. The van der Waals surface area contributed by atoms with Crippen LogP contribution in [0, 0.1) is 0 Å². The third-order valence-corrected chi connectivity index (χ3v) is 3.75. The van der Waals surface area contributed by atoms with Gasteiger partial charge in [-0.15, -0.1) is 0 Å². The molecule has 1 fully saturated rings. The predicted molar refractivity (Wildman–Crippen MR) is 59.8 cm³/mol. The summed E-state index contributed by atoms with van der Waals surface area (Å²) in [5.41, 5.74) is 0. The fraction of sp³-hybridized carbons (Fsp3) is 0.500. The van der Waals surface area contributed by atoms with Crippen LogP contribution in [0.3, 0.4) is 0 Å². The van der Waals surface area contributed by atoms with Crippen molar-refractivity contribution in [1.29, 1.82) is 0 Å². The molecule has 0 amide bonds. The molecule has 0 aliphatic carbocycles. The molecule has 2 heterocycles. The Kier molecular flexibility index (Phi) is 3.25. The summed E-state index contributed by atoms with van der Waals surface area (Å²) in [7, 11) is 0. The van der Waals surface area contributed by atoms with Crippen molar-refractivity contribution in [3.63, 3.8) is 0 Å². The van der Waals surface area contributed by atoms with E-state index in [0.717, 1.165) is 35.0 Å². The van der Waals surface area contributed by atoms with Crippen LogP contribution in [0.15, 0.2) is 16.9 Å². The molecule has 1 aromatic rings. The van der Waals surface area contributed by atoms with Gasteiger partial charge >= 0.3 is 0 Å². The average molecular weight is 276 g/mol. The Balaban J connectivity index is 2.05. The van der Waals surface area contributed by atoms with Crippen LogP contribution in [-0.4, -0.2) is 39.1 Å². The van der Waals surface area contributed by atoms with E-state index < -0.39 is 11.2 Å². The Bertz CT molecular complexity index is 300. The predicted octanol–water partition coefficient (Wildman–Crippen LogP) is 0.808. The second kappa shape index (κ2) is 4.46. The lowest BCUT2D eigenvalue weighted by atomic mass is 10.5. The van der Waals surface area contributed by atoms with Gasteiger partial charge in [0, 0.05) is 12.4 Å². The van der Waals surface area contributed by atoms with Gasteiger partial charge in [0.1, 0.15) is 11.5 Å². The molecular weight excluding hydrogens is 266 g/mol. The minimum atomic E-state index is -0.646. The van der Waals surface area contributed by atoms with Gasteiger partial charge in [-0.3, -0.25) is 0 Å². The summed E-state index contributed by atoms with van der Waals surface area (Å²) in [6.45, 7) is 1.57. The lowest BCUT2D eigenvalue weighted by Gasteiger charge is -2.27. The molecule has 1 aromatic heterocycles. The summed E-state index contributed by atoms with van der Waals surface area (Å²) >= 11 is 2.64. The van der Waals surface area contributed by atoms with E-state index in [9.17, 15) is 4.55 Å². The molecule has 1 aliphatic rings. The number of rotatable bonds is 1. The first-order valence-electron chi connectivity index (χ1n) is 4.33. The monoisotopic (exact) mass is 275 g/mol. The number of nitrogens with zero attached hydrogens (tertiary/aromatic N) is 3. The summed E-state index contributed by atoms with van der Waals surface area (Å²) in [6, 6.07) is 0. The number of hydrogen-bond acceptors (Lipinski definition) is 4. The van der Waals surface area contributed by atoms with Crippen LogP contribution in [0.5, 0.6) is 0 Å². The SMILES string of the molecule is [O-][S+]1CCN(c2ncc(Br)cn2)CC1. The molecule has 1 saturated heterocycles. The summed E-state index contributed by atoms with van der Waals surface area (Å²) < 4.78 is 12.0. The van der Waals surface area contributed by atoms with Crippen molar-refractivity contribution in [3.05, 3.63) is 16.9 Å². The topological polar surface area (TPSA) is 52.1 Å². The maximum Gasteiger partial charge on any atom is 0.225 e.